The van der Waals surface area contributed by atoms with Gasteiger partial charge in [-0.3, -0.25) is 4.79 Å². The van der Waals surface area contributed by atoms with Crippen LogP contribution in [0.2, 0.25) is 0 Å². The fourth-order valence-electron chi connectivity index (χ4n) is 7.02. The van der Waals surface area contributed by atoms with E-state index in [1.165, 1.54) is 33.8 Å². The quantitative estimate of drug-likeness (QED) is 0.318. The largest absolute Gasteiger partial charge is 0.422 e. The molecular formula is C31H33F3N8O2. The number of allylic oxidation sites excluding steroid dienone is 1. The van der Waals surface area contributed by atoms with Crippen LogP contribution in [0.25, 0.3) is 16.9 Å². The van der Waals surface area contributed by atoms with E-state index in [-0.39, 0.29) is 35.8 Å². The number of aryl methyl sites for hydroxylation is 1. The van der Waals surface area contributed by atoms with E-state index in [4.69, 9.17) is 0 Å². The summed E-state index contributed by atoms with van der Waals surface area (Å²) in [4.78, 5) is 31.4. The molecule has 0 spiro atoms. The molecule has 3 aromatic heterocycles. The number of rotatable bonds is 6. The summed E-state index contributed by atoms with van der Waals surface area (Å²) in [6.45, 7) is 8.11. The Morgan fingerprint density at radius 1 is 1.09 bits per heavy atom. The second kappa shape index (κ2) is 10.4. The van der Waals surface area contributed by atoms with Gasteiger partial charge in [-0.05, 0) is 74.0 Å². The minimum atomic E-state index is -4.91. The van der Waals surface area contributed by atoms with Gasteiger partial charge in [-0.2, -0.15) is 18.2 Å². The van der Waals surface area contributed by atoms with E-state index in [1.54, 1.807) is 0 Å². The summed E-state index contributed by atoms with van der Waals surface area (Å²) in [5, 5.41) is 14.1. The van der Waals surface area contributed by atoms with Crippen molar-refractivity contribution >= 4 is 28.4 Å². The molecule has 3 aliphatic rings. The predicted molar refractivity (Wildman–Crippen MR) is 160 cm³/mol. The molecular weight excluding hydrogens is 573 g/mol. The van der Waals surface area contributed by atoms with Gasteiger partial charge in [-0.25, -0.2) is 19.3 Å². The molecule has 0 radical (unpaired) electrons. The van der Waals surface area contributed by atoms with Gasteiger partial charge >= 0.3 is 6.18 Å². The molecule has 5 heterocycles. The van der Waals surface area contributed by atoms with Gasteiger partial charge in [0.2, 0.25) is 11.5 Å². The number of halogens is 3. The summed E-state index contributed by atoms with van der Waals surface area (Å²) in [6.07, 6.45) is -1.97. The lowest BCUT2D eigenvalue weighted by atomic mass is 9.82. The minimum absolute atomic E-state index is 0.0258. The number of aliphatic hydroxyl groups is 1. The Bertz CT molecular complexity index is 1790. The minimum Gasteiger partial charge on any atom is -0.375 e. The third-order valence-corrected chi connectivity index (χ3v) is 9.16. The van der Waals surface area contributed by atoms with Crippen LogP contribution in [0, 0.1) is 11.8 Å². The molecule has 0 saturated carbocycles. The average Bonchev–Trinajstić information content (AvgIpc) is 3.62. The number of pyridine rings is 1. The topological polar surface area (TPSA) is 104 Å². The highest BCUT2D eigenvalue weighted by Crippen LogP contribution is 2.46. The lowest BCUT2D eigenvalue weighted by Gasteiger charge is -2.35. The highest BCUT2D eigenvalue weighted by molar-refractivity contribution is 5.77. The molecule has 3 atom stereocenters. The van der Waals surface area contributed by atoms with Gasteiger partial charge in [-0.15, -0.1) is 6.58 Å². The van der Waals surface area contributed by atoms with Crippen molar-refractivity contribution in [2.75, 3.05) is 43.4 Å². The fraction of sp³-hybridized carbons (Fsp3) is 0.419. The van der Waals surface area contributed by atoms with Crippen molar-refractivity contribution in [3.8, 4) is 5.82 Å². The molecule has 1 aliphatic carbocycles. The summed E-state index contributed by atoms with van der Waals surface area (Å²) < 4.78 is 44.8. The van der Waals surface area contributed by atoms with Gasteiger partial charge in [0.1, 0.15) is 5.39 Å². The molecule has 0 unspecified atom stereocenters. The lowest BCUT2D eigenvalue weighted by molar-refractivity contribution is -0.273. The van der Waals surface area contributed by atoms with E-state index in [2.05, 4.69) is 55.8 Å². The molecule has 13 heteroatoms. The first-order valence-corrected chi connectivity index (χ1v) is 14.8. The lowest BCUT2D eigenvalue weighted by Crippen LogP contribution is -2.45. The Morgan fingerprint density at radius 3 is 2.50 bits per heavy atom. The number of aromatic nitrogens is 5. The second-order valence-corrected chi connectivity index (χ2v) is 12.1. The average molecular weight is 607 g/mol. The van der Waals surface area contributed by atoms with Crippen molar-refractivity contribution in [3.05, 3.63) is 76.9 Å². The van der Waals surface area contributed by atoms with Crippen LogP contribution >= 0.6 is 0 Å². The van der Waals surface area contributed by atoms with Crippen LogP contribution in [-0.4, -0.2) is 73.7 Å². The summed E-state index contributed by atoms with van der Waals surface area (Å²) in [7, 11) is 2.17. The molecule has 0 amide bonds. The van der Waals surface area contributed by atoms with Crippen LogP contribution in [0.15, 0.2) is 60.0 Å². The van der Waals surface area contributed by atoms with E-state index in [9.17, 15) is 23.1 Å². The van der Waals surface area contributed by atoms with Gasteiger partial charge in [0.05, 0.1) is 12.2 Å². The number of fused-ring (bicyclic) bond motifs is 3. The molecule has 44 heavy (non-hydrogen) atoms. The third kappa shape index (κ3) is 4.65. The first-order chi connectivity index (χ1) is 21.1. The maximum Gasteiger partial charge on any atom is 0.422 e. The smallest absolute Gasteiger partial charge is 0.375 e. The maximum atomic E-state index is 14.0. The number of likely N-dealkylation sites (tertiary alicyclic amines) is 1. The van der Waals surface area contributed by atoms with Crippen molar-refractivity contribution in [1.82, 2.24) is 29.2 Å². The molecule has 10 nitrogen and oxygen atoms in total. The first kappa shape index (κ1) is 28.5. The van der Waals surface area contributed by atoms with Crippen molar-refractivity contribution in [3.63, 3.8) is 0 Å². The number of anilines is 3. The van der Waals surface area contributed by atoms with E-state index in [0.29, 0.717) is 23.8 Å². The standard InChI is InChI=1S/C31H33F3N8O2/c1-3-13-41-28(43)24-14-35-29(36-22-7-9-23(10-8-22)40-17-20-15-39(2)16-21(20)18-40)38-27(24)42(41)25-11-6-19-5-4-12-30(44,26(19)37-25)31(32,33)34/h3,6-11,14,20-21,44H,1,4-5,12-13,15-18H2,2H3,(H,35,36,38)/t20-,21+,30-/m1/s1. The SMILES string of the molecule is C=CCn1c(=O)c2cnc(Nc3ccc(N4C[C@H]5CN(C)C[C@H]5C4)cc3)nc2n1-c1ccc2c(n1)[C@@](O)(C(F)(F)F)CCC2. The number of nitrogens with zero attached hydrogens (tertiary/aromatic N) is 7. The number of nitrogens with one attached hydrogen (secondary N) is 1. The van der Waals surface area contributed by atoms with Crippen molar-refractivity contribution in [2.45, 2.75) is 37.6 Å². The summed E-state index contributed by atoms with van der Waals surface area (Å²) in [6, 6.07) is 11.1. The van der Waals surface area contributed by atoms with Crippen molar-refractivity contribution in [2.24, 2.45) is 11.8 Å². The van der Waals surface area contributed by atoms with Crippen molar-refractivity contribution in [1.29, 1.82) is 0 Å². The molecule has 2 fully saturated rings. The van der Waals surface area contributed by atoms with E-state index >= 15 is 0 Å². The van der Waals surface area contributed by atoms with Gasteiger partial charge in [0, 0.05) is 43.8 Å². The second-order valence-electron chi connectivity index (χ2n) is 12.1. The normalized spacial score (nSPS) is 23.6. The van der Waals surface area contributed by atoms with E-state index in [0.717, 1.165) is 37.6 Å². The number of alkyl halides is 3. The Hall–Kier alpha value is -4.23. The van der Waals surface area contributed by atoms with Crippen LogP contribution in [0.1, 0.15) is 24.1 Å². The van der Waals surface area contributed by atoms with Gasteiger partial charge in [-0.1, -0.05) is 12.1 Å². The summed E-state index contributed by atoms with van der Waals surface area (Å²) >= 11 is 0. The van der Waals surface area contributed by atoms with Crippen LogP contribution in [0.5, 0.6) is 0 Å². The Balaban J connectivity index is 1.22. The monoisotopic (exact) mass is 606 g/mol. The molecule has 230 valence electrons. The molecule has 2 saturated heterocycles. The van der Waals surface area contributed by atoms with Gasteiger partial charge < -0.3 is 20.2 Å². The molecule has 7 rings (SSSR count). The zero-order valence-electron chi connectivity index (χ0n) is 24.3. The Kier molecular flexibility index (Phi) is 6.77. The summed E-state index contributed by atoms with van der Waals surface area (Å²) in [5.41, 5.74) is -1.60. The van der Waals surface area contributed by atoms with E-state index in [1.807, 2.05) is 12.1 Å². The van der Waals surface area contributed by atoms with Gasteiger partial charge in [0.15, 0.2) is 11.5 Å². The molecule has 4 aromatic rings. The van der Waals surface area contributed by atoms with Crippen LogP contribution in [-0.2, 0) is 18.6 Å². The maximum absolute atomic E-state index is 14.0. The van der Waals surface area contributed by atoms with Crippen LogP contribution in [0.3, 0.4) is 0 Å². The van der Waals surface area contributed by atoms with Crippen LogP contribution < -0.4 is 15.8 Å². The summed E-state index contributed by atoms with van der Waals surface area (Å²) in [5.74, 6) is 1.61. The van der Waals surface area contributed by atoms with Crippen LogP contribution in [0.4, 0.5) is 30.5 Å². The zero-order chi connectivity index (χ0) is 30.8. The molecule has 1 aromatic carbocycles. The number of benzene rings is 1. The zero-order valence-corrected chi connectivity index (χ0v) is 24.3. The molecule has 2 aliphatic heterocycles. The Morgan fingerprint density at radius 2 is 1.82 bits per heavy atom. The third-order valence-electron chi connectivity index (χ3n) is 9.16. The first-order valence-electron chi connectivity index (χ1n) is 14.8. The highest BCUT2D eigenvalue weighted by Gasteiger charge is 2.57. The Labute approximate surface area is 251 Å². The highest BCUT2D eigenvalue weighted by atomic mass is 19.4. The molecule has 0 bridgehead atoms. The fourth-order valence-corrected chi connectivity index (χ4v) is 7.02. The number of hydrogen-bond acceptors (Lipinski definition) is 8. The van der Waals surface area contributed by atoms with Crippen molar-refractivity contribution < 1.29 is 18.3 Å². The van der Waals surface area contributed by atoms with E-state index < -0.39 is 29.5 Å². The number of hydrogen-bond donors (Lipinski definition) is 2. The predicted octanol–water partition coefficient (Wildman–Crippen LogP) is 3.99. The molecule has 2 N–H and O–H groups in total. The van der Waals surface area contributed by atoms with Gasteiger partial charge in [0.25, 0.3) is 5.56 Å².